The Balaban J connectivity index is 2.11. The third-order valence-electron chi connectivity index (χ3n) is 3.33. The minimum absolute atomic E-state index is 0.315. The van der Waals surface area contributed by atoms with Crippen LogP contribution in [0.1, 0.15) is 25.1 Å². The number of nitrogens with zero attached hydrogens (tertiary/aromatic N) is 3. The van der Waals surface area contributed by atoms with Crippen molar-refractivity contribution in [2.24, 2.45) is 0 Å². The third kappa shape index (κ3) is 4.32. The topological polar surface area (TPSA) is 41.1 Å². The smallest absolute Gasteiger partial charge is 0.224 e. The van der Waals surface area contributed by atoms with E-state index in [0.717, 1.165) is 25.2 Å². The molecule has 0 amide bonds. The van der Waals surface area contributed by atoms with Crippen molar-refractivity contribution in [3.05, 3.63) is 33.6 Å². The summed E-state index contributed by atoms with van der Waals surface area (Å²) < 4.78 is 0. The zero-order chi connectivity index (χ0) is 15.2. The van der Waals surface area contributed by atoms with Crippen molar-refractivity contribution < 1.29 is 0 Å². The summed E-state index contributed by atoms with van der Waals surface area (Å²) in [5, 5.41) is 5.88. The molecule has 0 aliphatic carbocycles. The average molecular weight is 325 g/mol. The van der Waals surface area contributed by atoms with Crippen LogP contribution in [0.3, 0.4) is 0 Å². The fourth-order valence-corrected chi connectivity index (χ4v) is 3.04. The van der Waals surface area contributed by atoms with Gasteiger partial charge in [0.2, 0.25) is 5.95 Å². The molecule has 2 rings (SSSR count). The summed E-state index contributed by atoms with van der Waals surface area (Å²) in [7, 11) is 2.02. The van der Waals surface area contributed by atoms with Gasteiger partial charge in [-0.1, -0.05) is 24.6 Å². The Morgan fingerprint density at radius 3 is 2.95 bits per heavy atom. The van der Waals surface area contributed by atoms with Gasteiger partial charge in [-0.25, -0.2) is 4.98 Å². The van der Waals surface area contributed by atoms with Crippen LogP contribution in [-0.2, 0) is 6.42 Å². The quantitative estimate of drug-likeness (QED) is 0.833. The van der Waals surface area contributed by atoms with E-state index in [0.29, 0.717) is 17.0 Å². The summed E-state index contributed by atoms with van der Waals surface area (Å²) in [4.78, 5) is 12.2. The van der Waals surface area contributed by atoms with Crippen LogP contribution in [0.5, 0.6) is 0 Å². The van der Waals surface area contributed by atoms with Crippen LogP contribution in [0.4, 0.5) is 11.8 Å². The second-order valence-corrected chi connectivity index (χ2v) is 6.47. The van der Waals surface area contributed by atoms with E-state index in [1.807, 2.05) is 7.05 Å². The van der Waals surface area contributed by atoms with Crippen molar-refractivity contribution in [3.8, 4) is 0 Å². The monoisotopic (exact) mass is 324 g/mol. The number of likely N-dealkylation sites (N-methyl/N-ethyl adjacent to an activating group) is 1. The first-order valence-electron chi connectivity index (χ1n) is 7.13. The summed E-state index contributed by atoms with van der Waals surface area (Å²) >= 11 is 8.04. The highest BCUT2D eigenvalue weighted by Crippen LogP contribution is 2.25. The van der Waals surface area contributed by atoms with Crippen LogP contribution < -0.4 is 10.2 Å². The Morgan fingerprint density at radius 2 is 2.29 bits per heavy atom. The van der Waals surface area contributed by atoms with E-state index < -0.39 is 0 Å². The standard InChI is InChI=1S/C15H21ClN4S/c1-4-7-17-15-18-10-13(16)14(19-15)20(3)11(2)9-12-6-5-8-21-12/h5-6,8,10-11H,4,7,9H2,1-3H3,(H,17,18,19). The van der Waals surface area contributed by atoms with Gasteiger partial charge in [-0.2, -0.15) is 4.98 Å². The largest absolute Gasteiger partial charge is 0.355 e. The summed E-state index contributed by atoms with van der Waals surface area (Å²) in [5.74, 6) is 1.40. The van der Waals surface area contributed by atoms with Crippen LogP contribution in [0.25, 0.3) is 0 Å². The van der Waals surface area contributed by atoms with Crippen LogP contribution in [0, 0.1) is 0 Å². The molecule has 0 saturated carbocycles. The average Bonchev–Trinajstić information content (AvgIpc) is 2.98. The fraction of sp³-hybridized carbons (Fsp3) is 0.467. The van der Waals surface area contributed by atoms with Gasteiger partial charge in [0.15, 0.2) is 5.82 Å². The molecule has 0 bridgehead atoms. The third-order valence-corrected chi connectivity index (χ3v) is 4.50. The van der Waals surface area contributed by atoms with E-state index in [9.17, 15) is 0 Å². The second kappa shape index (κ2) is 7.61. The van der Waals surface area contributed by atoms with E-state index in [4.69, 9.17) is 11.6 Å². The first-order valence-corrected chi connectivity index (χ1v) is 8.39. The van der Waals surface area contributed by atoms with Crippen molar-refractivity contribution in [1.29, 1.82) is 0 Å². The number of rotatable bonds is 7. The van der Waals surface area contributed by atoms with E-state index in [1.165, 1.54) is 4.88 Å². The van der Waals surface area contributed by atoms with Crippen LogP contribution >= 0.6 is 22.9 Å². The Labute approximate surface area is 135 Å². The molecular weight excluding hydrogens is 304 g/mol. The maximum Gasteiger partial charge on any atom is 0.224 e. The van der Waals surface area contributed by atoms with Crippen molar-refractivity contribution in [1.82, 2.24) is 9.97 Å². The molecule has 0 aromatic carbocycles. The normalized spacial score (nSPS) is 12.2. The molecule has 1 N–H and O–H groups in total. The van der Waals surface area contributed by atoms with E-state index in [-0.39, 0.29) is 0 Å². The van der Waals surface area contributed by atoms with Crippen molar-refractivity contribution >= 4 is 34.7 Å². The number of hydrogen-bond donors (Lipinski definition) is 1. The highest BCUT2D eigenvalue weighted by Gasteiger charge is 2.16. The van der Waals surface area contributed by atoms with Crippen molar-refractivity contribution in [2.45, 2.75) is 32.7 Å². The number of anilines is 2. The molecule has 6 heteroatoms. The predicted octanol–water partition coefficient (Wildman–Crippen LogP) is 4.08. The van der Waals surface area contributed by atoms with Gasteiger partial charge in [-0.15, -0.1) is 11.3 Å². The second-order valence-electron chi connectivity index (χ2n) is 5.04. The molecule has 0 radical (unpaired) electrons. The van der Waals surface area contributed by atoms with Gasteiger partial charge in [-0.3, -0.25) is 0 Å². The molecule has 0 fully saturated rings. The molecule has 0 saturated heterocycles. The Bertz CT molecular complexity index is 559. The highest BCUT2D eigenvalue weighted by molar-refractivity contribution is 7.09. The van der Waals surface area contributed by atoms with Gasteiger partial charge in [-0.05, 0) is 24.8 Å². The van der Waals surface area contributed by atoms with Crippen LogP contribution in [-0.4, -0.2) is 29.6 Å². The lowest BCUT2D eigenvalue weighted by molar-refractivity contribution is 0.679. The van der Waals surface area contributed by atoms with Crippen LogP contribution in [0.2, 0.25) is 5.02 Å². The minimum atomic E-state index is 0.315. The van der Waals surface area contributed by atoms with Gasteiger partial charge in [0.1, 0.15) is 5.02 Å². The van der Waals surface area contributed by atoms with E-state index >= 15 is 0 Å². The summed E-state index contributed by atoms with van der Waals surface area (Å²) in [5.41, 5.74) is 0. The maximum atomic E-state index is 6.26. The molecule has 21 heavy (non-hydrogen) atoms. The maximum absolute atomic E-state index is 6.26. The number of halogens is 1. The van der Waals surface area contributed by atoms with Crippen molar-refractivity contribution in [2.75, 3.05) is 23.8 Å². The molecule has 2 aromatic rings. The molecule has 1 unspecified atom stereocenters. The van der Waals surface area contributed by atoms with Gasteiger partial charge in [0.25, 0.3) is 0 Å². The Kier molecular flexibility index (Phi) is 5.82. The Hall–Kier alpha value is -1.33. The number of thiophene rings is 1. The van der Waals surface area contributed by atoms with Gasteiger partial charge in [0, 0.05) is 30.9 Å². The lowest BCUT2D eigenvalue weighted by atomic mass is 10.2. The molecule has 0 aliphatic rings. The predicted molar refractivity (Wildman–Crippen MR) is 91.7 cm³/mol. The first-order chi connectivity index (χ1) is 10.1. The molecule has 2 heterocycles. The van der Waals surface area contributed by atoms with E-state index in [1.54, 1.807) is 17.5 Å². The van der Waals surface area contributed by atoms with Gasteiger partial charge in [0.05, 0.1) is 6.20 Å². The number of nitrogens with one attached hydrogen (secondary N) is 1. The zero-order valence-corrected chi connectivity index (χ0v) is 14.2. The molecule has 4 nitrogen and oxygen atoms in total. The van der Waals surface area contributed by atoms with Gasteiger partial charge < -0.3 is 10.2 Å². The lowest BCUT2D eigenvalue weighted by Crippen LogP contribution is -2.31. The number of hydrogen-bond acceptors (Lipinski definition) is 5. The summed E-state index contributed by atoms with van der Waals surface area (Å²) in [6.07, 6.45) is 3.68. The number of aromatic nitrogens is 2. The SMILES string of the molecule is CCCNc1ncc(Cl)c(N(C)C(C)Cc2cccs2)n1. The van der Waals surface area contributed by atoms with Crippen LogP contribution in [0.15, 0.2) is 23.7 Å². The molecule has 0 spiro atoms. The van der Waals surface area contributed by atoms with Crippen molar-refractivity contribution in [3.63, 3.8) is 0 Å². The Morgan fingerprint density at radius 1 is 1.48 bits per heavy atom. The fourth-order valence-electron chi connectivity index (χ4n) is 1.99. The molecule has 114 valence electrons. The molecule has 2 aromatic heterocycles. The first kappa shape index (κ1) is 16.0. The van der Waals surface area contributed by atoms with E-state index in [2.05, 4.69) is 51.5 Å². The molecular formula is C15H21ClN4S. The molecule has 1 atom stereocenters. The molecule has 0 aliphatic heterocycles. The minimum Gasteiger partial charge on any atom is -0.355 e. The summed E-state index contributed by atoms with van der Waals surface area (Å²) in [6.45, 7) is 5.14. The van der Waals surface area contributed by atoms with Gasteiger partial charge >= 0.3 is 0 Å². The summed E-state index contributed by atoms with van der Waals surface area (Å²) in [6, 6.07) is 4.55. The lowest BCUT2D eigenvalue weighted by Gasteiger charge is -2.26. The zero-order valence-electron chi connectivity index (χ0n) is 12.6. The highest BCUT2D eigenvalue weighted by atomic mass is 35.5.